The van der Waals surface area contributed by atoms with Crippen LogP contribution < -0.4 is 0 Å². The van der Waals surface area contributed by atoms with Gasteiger partial charge in [-0.25, -0.2) is 0 Å². The third-order valence-corrected chi connectivity index (χ3v) is 4.14. The number of alkyl halides is 1. The Morgan fingerprint density at radius 2 is 2.17 bits per heavy atom. The molecule has 18 heavy (non-hydrogen) atoms. The fraction of sp³-hybridized carbons (Fsp3) is 0.929. The molecule has 3 nitrogen and oxygen atoms in total. The lowest BCUT2D eigenvalue weighted by atomic mass is 10.0. The highest BCUT2D eigenvalue weighted by molar-refractivity contribution is 6.20. The van der Waals surface area contributed by atoms with Gasteiger partial charge in [0, 0.05) is 24.6 Å². The van der Waals surface area contributed by atoms with Gasteiger partial charge in [-0.3, -0.25) is 4.79 Å². The number of hydrogen-bond acceptors (Lipinski definition) is 2. The van der Waals surface area contributed by atoms with Gasteiger partial charge in [-0.15, -0.1) is 11.6 Å². The van der Waals surface area contributed by atoms with Crippen molar-refractivity contribution in [2.45, 2.75) is 69.4 Å². The van der Waals surface area contributed by atoms with Crippen LogP contribution in [0.1, 0.15) is 51.9 Å². The van der Waals surface area contributed by atoms with E-state index >= 15 is 0 Å². The van der Waals surface area contributed by atoms with Gasteiger partial charge in [-0.1, -0.05) is 12.8 Å². The van der Waals surface area contributed by atoms with Crippen LogP contribution in [-0.2, 0) is 9.53 Å². The Morgan fingerprint density at radius 1 is 1.33 bits per heavy atom. The largest absolute Gasteiger partial charge is 0.368 e. The van der Waals surface area contributed by atoms with E-state index in [1.54, 1.807) is 0 Å². The SMILES string of the molecule is CC(Cl)CC1CCCCCN1C(=O)C1CCCO1. The summed E-state index contributed by atoms with van der Waals surface area (Å²) >= 11 is 6.12. The first-order valence-corrected chi connectivity index (χ1v) is 7.68. The quantitative estimate of drug-likeness (QED) is 0.740. The molecule has 0 aromatic carbocycles. The van der Waals surface area contributed by atoms with E-state index in [0.717, 1.165) is 45.3 Å². The molecule has 3 atom stereocenters. The second kappa shape index (κ2) is 6.76. The lowest BCUT2D eigenvalue weighted by molar-refractivity contribution is -0.143. The van der Waals surface area contributed by atoms with Gasteiger partial charge in [0.15, 0.2) is 0 Å². The van der Waals surface area contributed by atoms with E-state index in [4.69, 9.17) is 16.3 Å². The predicted molar refractivity (Wildman–Crippen MR) is 72.9 cm³/mol. The fourth-order valence-corrected chi connectivity index (χ4v) is 3.25. The summed E-state index contributed by atoms with van der Waals surface area (Å²) < 4.78 is 5.54. The van der Waals surface area contributed by atoms with E-state index in [9.17, 15) is 4.79 Å². The number of halogens is 1. The van der Waals surface area contributed by atoms with Crippen LogP contribution in [0.15, 0.2) is 0 Å². The highest BCUT2D eigenvalue weighted by Crippen LogP contribution is 2.25. The molecule has 4 heteroatoms. The van der Waals surface area contributed by atoms with Crippen LogP contribution >= 0.6 is 11.6 Å². The van der Waals surface area contributed by atoms with E-state index < -0.39 is 0 Å². The van der Waals surface area contributed by atoms with E-state index in [0.29, 0.717) is 6.04 Å². The number of carbonyl (C=O) groups excluding carboxylic acids is 1. The fourth-order valence-electron chi connectivity index (χ4n) is 3.04. The van der Waals surface area contributed by atoms with E-state index in [1.165, 1.54) is 12.8 Å². The van der Waals surface area contributed by atoms with Gasteiger partial charge < -0.3 is 9.64 Å². The molecule has 2 aliphatic heterocycles. The molecule has 2 heterocycles. The normalized spacial score (nSPS) is 31.1. The van der Waals surface area contributed by atoms with Crippen molar-refractivity contribution in [3.8, 4) is 0 Å². The van der Waals surface area contributed by atoms with Crippen LogP contribution in [0, 0.1) is 0 Å². The van der Waals surface area contributed by atoms with Crippen molar-refractivity contribution >= 4 is 17.5 Å². The Balaban J connectivity index is 2.01. The zero-order valence-corrected chi connectivity index (χ0v) is 12.0. The third kappa shape index (κ3) is 3.61. The third-order valence-electron chi connectivity index (χ3n) is 3.96. The lowest BCUT2D eigenvalue weighted by Crippen LogP contribution is -2.46. The summed E-state index contributed by atoms with van der Waals surface area (Å²) in [6, 6.07) is 0.316. The van der Waals surface area contributed by atoms with Gasteiger partial charge in [0.2, 0.25) is 0 Å². The lowest BCUT2D eigenvalue weighted by Gasteiger charge is -2.32. The molecule has 0 aromatic heterocycles. The topological polar surface area (TPSA) is 29.5 Å². The van der Waals surface area contributed by atoms with Crippen molar-refractivity contribution in [3.05, 3.63) is 0 Å². The smallest absolute Gasteiger partial charge is 0.251 e. The Labute approximate surface area is 115 Å². The minimum absolute atomic E-state index is 0.132. The van der Waals surface area contributed by atoms with Gasteiger partial charge in [0.25, 0.3) is 5.91 Å². The van der Waals surface area contributed by atoms with Crippen molar-refractivity contribution in [2.24, 2.45) is 0 Å². The predicted octanol–water partition coefficient (Wildman–Crippen LogP) is 2.95. The molecule has 3 unspecified atom stereocenters. The summed E-state index contributed by atoms with van der Waals surface area (Å²) in [5, 5.41) is 0.132. The number of ether oxygens (including phenoxy) is 1. The molecule has 2 aliphatic rings. The molecule has 0 N–H and O–H groups in total. The molecule has 0 radical (unpaired) electrons. The second-order valence-electron chi connectivity index (χ2n) is 5.55. The summed E-state index contributed by atoms with van der Waals surface area (Å²) in [6.07, 6.45) is 7.27. The van der Waals surface area contributed by atoms with Crippen LogP contribution in [0.25, 0.3) is 0 Å². The number of hydrogen-bond donors (Lipinski definition) is 0. The molecule has 0 spiro atoms. The maximum Gasteiger partial charge on any atom is 0.251 e. The van der Waals surface area contributed by atoms with Gasteiger partial charge in [0.05, 0.1) is 0 Å². The summed E-state index contributed by atoms with van der Waals surface area (Å²) in [7, 11) is 0. The molecule has 0 bridgehead atoms. The molecule has 2 fully saturated rings. The highest BCUT2D eigenvalue weighted by Gasteiger charge is 2.33. The monoisotopic (exact) mass is 273 g/mol. The van der Waals surface area contributed by atoms with E-state index in [2.05, 4.69) is 4.90 Å². The maximum atomic E-state index is 12.5. The number of amides is 1. The van der Waals surface area contributed by atoms with E-state index in [1.807, 2.05) is 6.92 Å². The maximum absolute atomic E-state index is 12.5. The first-order chi connectivity index (χ1) is 8.68. The van der Waals surface area contributed by atoms with Gasteiger partial charge in [-0.2, -0.15) is 0 Å². The summed E-state index contributed by atoms with van der Waals surface area (Å²) in [5.74, 6) is 0.205. The van der Waals surface area contributed by atoms with Crippen LogP contribution in [0.4, 0.5) is 0 Å². The Bertz CT molecular complexity index is 277. The van der Waals surface area contributed by atoms with Crippen molar-refractivity contribution in [2.75, 3.05) is 13.2 Å². The molecule has 0 saturated carbocycles. The van der Waals surface area contributed by atoms with Crippen LogP contribution in [0.5, 0.6) is 0 Å². The van der Waals surface area contributed by atoms with Crippen LogP contribution in [0.3, 0.4) is 0 Å². The van der Waals surface area contributed by atoms with Crippen LogP contribution in [0.2, 0.25) is 0 Å². The van der Waals surface area contributed by atoms with E-state index in [-0.39, 0.29) is 17.4 Å². The first kappa shape index (κ1) is 14.1. The number of nitrogens with zero attached hydrogens (tertiary/aromatic N) is 1. The minimum Gasteiger partial charge on any atom is -0.368 e. The summed E-state index contributed by atoms with van der Waals surface area (Å²) in [6.45, 7) is 3.63. The zero-order valence-electron chi connectivity index (χ0n) is 11.2. The Hall–Kier alpha value is -0.280. The van der Waals surface area contributed by atoms with Crippen LogP contribution in [-0.4, -0.2) is 41.5 Å². The second-order valence-corrected chi connectivity index (χ2v) is 6.30. The first-order valence-electron chi connectivity index (χ1n) is 7.24. The van der Waals surface area contributed by atoms with Crippen molar-refractivity contribution in [3.63, 3.8) is 0 Å². The summed E-state index contributed by atoms with van der Waals surface area (Å²) in [5.41, 5.74) is 0. The molecule has 1 amide bonds. The Morgan fingerprint density at radius 3 is 2.83 bits per heavy atom. The minimum atomic E-state index is -0.184. The Kier molecular flexibility index (Phi) is 5.31. The van der Waals surface area contributed by atoms with Crippen molar-refractivity contribution in [1.29, 1.82) is 0 Å². The molecular weight excluding hydrogens is 250 g/mol. The zero-order chi connectivity index (χ0) is 13.0. The average molecular weight is 274 g/mol. The van der Waals surface area contributed by atoms with Gasteiger partial charge in [-0.05, 0) is 39.0 Å². The molecule has 2 saturated heterocycles. The van der Waals surface area contributed by atoms with Gasteiger partial charge >= 0.3 is 0 Å². The molecule has 104 valence electrons. The van der Waals surface area contributed by atoms with Gasteiger partial charge in [0.1, 0.15) is 6.10 Å². The number of rotatable bonds is 3. The standard InChI is InChI=1S/C14H24ClNO2/c1-11(15)10-12-6-3-2-4-8-16(12)14(17)13-7-5-9-18-13/h11-13H,2-10H2,1H3. The van der Waals surface area contributed by atoms with Crippen molar-refractivity contribution < 1.29 is 9.53 Å². The van der Waals surface area contributed by atoms with Crippen molar-refractivity contribution in [1.82, 2.24) is 4.90 Å². The molecular formula is C14H24ClNO2. The average Bonchev–Trinajstić information content (AvgIpc) is 2.76. The number of likely N-dealkylation sites (tertiary alicyclic amines) is 1. The highest BCUT2D eigenvalue weighted by atomic mass is 35.5. The summed E-state index contributed by atoms with van der Waals surface area (Å²) in [4.78, 5) is 14.6. The molecule has 0 aromatic rings. The number of carbonyl (C=O) groups is 1. The molecule has 0 aliphatic carbocycles. The molecule has 2 rings (SSSR count).